The highest BCUT2D eigenvalue weighted by molar-refractivity contribution is 5.78. The molecule has 1 amide bonds. The lowest BCUT2D eigenvalue weighted by atomic mass is 10.1. The standard InChI is InChI=1S/C15H21N3O2/c1-10(9-18-13(4)11(2)12(3)17-18)15(19)16-8-14-6-5-7-20-14/h5-7,10H,8-9H2,1-4H3,(H,16,19)/t10-/m1/s1. The lowest BCUT2D eigenvalue weighted by Gasteiger charge is -2.13. The van der Waals surface area contributed by atoms with E-state index in [9.17, 15) is 4.79 Å². The number of hydrogen-bond acceptors (Lipinski definition) is 3. The molecule has 0 saturated carbocycles. The Morgan fingerprint density at radius 2 is 2.20 bits per heavy atom. The average molecular weight is 275 g/mol. The van der Waals surface area contributed by atoms with Crippen LogP contribution in [0.2, 0.25) is 0 Å². The van der Waals surface area contributed by atoms with Crippen LogP contribution in [0.1, 0.15) is 29.6 Å². The van der Waals surface area contributed by atoms with E-state index in [4.69, 9.17) is 4.42 Å². The molecule has 0 radical (unpaired) electrons. The summed E-state index contributed by atoms with van der Waals surface area (Å²) in [4.78, 5) is 12.1. The Morgan fingerprint density at radius 1 is 1.45 bits per heavy atom. The minimum absolute atomic E-state index is 0.00612. The fourth-order valence-corrected chi connectivity index (χ4v) is 2.07. The highest BCUT2D eigenvalue weighted by Gasteiger charge is 2.16. The van der Waals surface area contributed by atoms with Crippen LogP contribution in [0.25, 0.3) is 0 Å². The summed E-state index contributed by atoms with van der Waals surface area (Å²) in [5.41, 5.74) is 3.33. The summed E-state index contributed by atoms with van der Waals surface area (Å²) in [5.74, 6) is 0.626. The summed E-state index contributed by atoms with van der Waals surface area (Å²) >= 11 is 0. The highest BCUT2D eigenvalue weighted by atomic mass is 16.3. The largest absolute Gasteiger partial charge is 0.467 e. The van der Waals surface area contributed by atoms with Crippen LogP contribution in [0.5, 0.6) is 0 Å². The van der Waals surface area contributed by atoms with Gasteiger partial charge in [-0.3, -0.25) is 9.48 Å². The van der Waals surface area contributed by atoms with Crippen LogP contribution in [0.3, 0.4) is 0 Å². The first kappa shape index (κ1) is 14.4. The van der Waals surface area contributed by atoms with Crippen LogP contribution in [0, 0.1) is 26.7 Å². The molecule has 0 aliphatic rings. The Hall–Kier alpha value is -2.04. The van der Waals surface area contributed by atoms with E-state index in [1.165, 1.54) is 5.56 Å². The average Bonchev–Trinajstić information content (AvgIpc) is 3.02. The van der Waals surface area contributed by atoms with Crippen LogP contribution in [-0.4, -0.2) is 15.7 Å². The van der Waals surface area contributed by atoms with E-state index in [0.717, 1.165) is 17.1 Å². The summed E-state index contributed by atoms with van der Waals surface area (Å²) in [7, 11) is 0. The smallest absolute Gasteiger partial charge is 0.225 e. The van der Waals surface area contributed by atoms with Crippen LogP contribution in [-0.2, 0) is 17.9 Å². The molecule has 1 N–H and O–H groups in total. The van der Waals surface area contributed by atoms with Gasteiger partial charge in [0.25, 0.3) is 0 Å². The molecule has 2 aromatic heterocycles. The molecule has 0 aliphatic carbocycles. The Bertz CT molecular complexity index is 585. The van der Waals surface area contributed by atoms with Crippen molar-refractivity contribution in [3.63, 3.8) is 0 Å². The van der Waals surface area contributed by atoms with Crippen LogP contribution >= 0.6 is 0 Å². The second-order valence-electron chi connectivity index (χ2n) is 5.18. The van der Waals surface area contributed by atoms with E-state index >= 15 is 0 Å². The van der Waals surface area contributed by atoms with Gasteiger partial charge in [0.2, 0.25) is 5.91 Å². The number of aryl methyl sites for hydroxylation is 1. The van der Waals surface area contributed by atoms with Crippen LogP contribution < -0.4 is 5.32 Å². The number of furan rings is 1. The molecule has 5 heteroatoms. The van der Waals surface area contributed by atoms with E-state index in [2.05, 4.69) is 17.3 Å². The molecular formula is C15H21N3O2. The second kappa shape index (κ2) is 5.94. The van der Waals surface area contributed by atoms with Crippen molar-refractivity contribution in [3.8, 4) is 0 Å². The van der Waals surface area contributed by atoms with Gasteiger partial charge >= 0.3 is 0 Å². The molecule has 0 saturated heterocycles. The first-order valence-corrected chi connectivity index (χ1v) is 6.79. The number of carbonyl (C=O) groups excluding carboxylic acids is 1. The van der Waals surface area contributed by atoms with Gasteiger partial charge < -0.3 is 9.73 Å². The normalized spacial score (nSPS) is 12.4. The van der Waals surface area contributed by atoms with Crippen LogP contribution in [0.15, 0.2) is 22.8 Å². The molecule has 0 unspecified atom stereocenters. The van der Waals surface area contributed by atoms with Gasteiger partial charge in [0.05, 0.1) is 31.0 Å². The topological polar surface area (TPSA) is 60.1 Å². The minimum Gasteiger partial charge on any atom is -0.467 e. The summed E-state index contributed by atoms with van der Waals surface area (Å²) in [6.45, 7) is 8.99. The first-order chi connectivity index (χ1) is 9.49. The summed E-state index contributed by atoms with van der Waals surface area (Å²) < 4.78 is 7.09. The van der Waals surface area contributed by atoms with Crippen molar-refractivity contribution in [1.82, 2.24) is 15.1 Å². The van der Waals surface area contributed by atoms with E-state index in [0.29, 0.717) is 13.1 Å². The number of aromatic nitrogens is 2. The number of rotatable bonds is 5. The third-order valence-corrected chi connectivity index (χ3v) is 3.65. The van der Waals surface area contributed by atoms with Gasteiger partial charge in [-0.1, -0.05) is 6.92 Å². The van der Waals surface area contributed by atoms with Crippen molar-refractivity contribution in [1.29, 1.82) is 0 Å². The molecule has 0 aliphatic heterocycles. The molecule has 0 aromatic carbocycles. The van der Waals surface area contributed by atoms with E-state index in [1.807, 2.05) is 37.6 Å². The SMILES string of the molecule is Cc1nn(C[C@@H](C)C(=O)NCc2ccco2)c(C)c1C. The molecule has 108 valence electrons. The third kappa shape index (κ3) is 3.10. The molecule has 0 bridgehead atoms. The van der Waals surface area contributed by atoms with Gasteiger partial charge in [-0.25, -0.2) is 0 Å². The third-order valence-electron chi connectivity index (χ3n) is 3.65. The minimum atomic E-state index is -0.137. The highest BCUT2D eigenvalue weighted by Crippen LogP contribution is 2.13. The molecule has 5 nitrogen and oxygen atoms in total. The lowest BCUT2D eigenvalue weighted by molar-refractivity contribution is -0.125. The Kier molecular flexibility index (Phi) is 4.27. The molecular weight excluding hydrogens is 254 g/mol. The number of amides is 1. The molecule has 2 aromatic rings. The monoisotopic (exact) mass is 275 g/mol. The molecule has 2 rings (SSSR count). The predicted molar refractivity (Wildman–Crippen MR) is 76.2 cm³/mol. The fourth-order valence-electron chi connectivity index (χ4n) is 2.07. The molecule has 0 spiro atoms. The summed E-state index contributed by atoms with van der Waals surface area (Å²) in [6.07, 6.45) is 1.60. The van der Waals surface area contributed by atoms with Gasteiger partial charge in [-0.15, -0.1) is 0 Å². The van der Waals surface area contributed by atoms with E-state index in [-0.39, 0.29) is 11.8 Å². The zero-order chi connectivity index (χ0) is 14.7. The van der Waals surface area contributed by atoms with Crippen LogP contribution in [0.4, 0.5) is 0 Å². The van der Waals surface area contributed by atoms with Crippen molar-refractivity contribution >= 4 is 5.91 Å². The van der Waals surface area contributed by atoms with Gasteiger partial charge in [0.1, 0.15) is 5.76 Å². The second-order valence-corrected chi connectivity index (χ2v) is 5.18. The number of nitrogens with one attached hydrogen (secondary N) is 1. The first-order valence-electron chi connectivity index (χ1n) is 6.79. The number of nitrogens with zero attached hydrogens (tertiary/aromatic N) is 2. The predicted octanol–water partition coefficient (Wildman–Crippen LogP) is 2.35. The van der Waals surface area contributed by atoms with Gasteiger partial charge in [-0.05, 0) is 38.5 Å². The number of carbonyl (C=O) groups is 1. The Labute approximate surface area is 119 Å². The van der Waals surface area contributed by atoms with Crippen molar-refractivity contribution in [3.05, 3.63) is 41.1 Å². The zero-order valence-electron chi connectivity index (χ0n) is 12.4. The van der Waals surface area contributed by atoms with Crippen molar-refractivity contribution in [2.24, 2.45) is 5.92 Å². The van der Waals surface area contributed by atoms with Gasteiger partial charge in [0, 0.05) is 5.69 Å². The molecule has 1 atom stereocenters. The molecule has 0 fully saturated rings. The van der Waals surface area contributed by atoms with Gasteiger partial charge in [-0.2, -0.15) is 5.10 Å². The maximum absolute atomic E-state index is 12.1. The maximum Gasteiger partial charge on any atom is 0.225 e. The van der Waals surface area contributed by atoms with E-state index < -0.39 is 0 Å². The van der Waals surface area contributed by atoms with Crippen molar-refractivity contribution < 1.29 is 9.21 Å². The lowest BCUT2D eigenvalue weighted by Crippen LogP contribution is -2.31. The zero-order valence-corrected chi connectivity index (χ0v) is 12.4. The van der Waals surface area contributed by atoms with Crippen molar-refractivity contribution in [2.75, 3.05) is 0 Å². The Balaban J connectivity index is 1.92. The maximum atomic E-state index is 12.1. The summed E-state index contributed by atoms with van der Waals surface area (Å²) in [5, 5.41) is 7.33. The number of hydrogen-bond donors (Lipinski definition) is 1. The van der Waals surface area contributed by atoms with Crippen molar-refractivity contribution in [2.45, 2.75) is 40.8 Å². The van der Waals surface area contributed by atoms with E-state index in [1.54, 1.807) is 6.26 Å². The fraction of sp³-hybridized carbons (Fsp3) is 0.467. The summed E-state index contributed by atoms with van der Waals surface area (Å²) in [6, 6.07) is 3.65. The molecule has 2 heterocycles. The van der Waals surface area contributed by atoms with Gasteiger partial charge in [0.15, 0.2) is 0 Å². The molecule has 20 heavy (non-hydrogen) atoms. The quantitative estimate of drug-likeness (QED) is 0.911. The Morgan fingerprint density at radius 3 is 2.75 bits per heavy atom.